The number of carbonyl (C=O) groups excluding carboxylic acids is 1. The lowest BCUT2D eigenvalue weighted by atomic mass is 10.2. The van der Waals surface area contributed by atoms with Crippen LogP contribution in [0.3, 0.4) is 0 Å². The maximum atomic E-state index is 14.0. The van der Waals surface area contributed by atoms with E-state index < -0.39 is 0 Å². The molecule has 5 rings (SSSR count). The van der Waals surface area contributed by atoms with Crippen molar-refractivity contribution in [3.63, 3.8) is 0 Å². The fourth-order valence-electron chi connectivity index (χ4n) is 3.84. The van der Waals surface area contributed by atoms with Gasteiger partial charge in [0, 0.05) is 50.8 Å². The van der Waals surface area contributed by atoms with Gasteiger partial charge in [0.1, 0.15) is 21.9 Å². The molecule has 0 aliphatic carbocycles. The van der Waals surface area contributed by atoms with E-state index in [1.54, 1.807) is 23.5 Å². The summed E-state index contributed by atoms with van der Waals surface area (Å²) in [6, 6.07) is 6.79. The molecular formula is C21H23FN6OS3. The van der Waals surface area contributed by atoms with E-state index in [2.05, 4.69) is 14.9 Å². The Balaban J connectivity index is 1.20. The molecule has 0 saturated carbocycles. The van der Waals surface area contributed by atoms with E-state index in [9.17, 15) is 9.18 Å². The number of piperazine rings is 1. The molecule has 1 amide bonds. The number of hydrogen-bond donors (Lipinski definition) is 0. The molecule has 1 aromatic carbocycles. The van der Waals surface area contributed by atoms with Crippen molar-refractivity contribution in [3.05, 3.63) is 36.4 Å². The van der Waals surface area contributed by atoms with Crippen LogP contribution in [-0.2, 0) is 4.79 Å². The molecule has 0 radical (unpaired) electrons. The molecule has 0 unspecified atom stereocenters. The largest absolute Gasteiger partial charge is 0.366 e. The maximum absolute atomic E-state index is 14.0. The molecule has 0 N–H and O–H groups in total. The van der Waals surface area contributed by atoms with Crippen molar-refractivity contribution >= 4 is 61.9 Å². The molecule has 0 bridgehead atoms. The lowest BCUT2D eigenvalue weighted by molar-refractivity contribution is -0.128. The van der Waals surface area contributed by atoms with Crippen molar-refractivity contribution in [2.75, 3.05) is 66.3 Å². The topological polar surface area (TPSA) is 65.5 Å². The number of thiazole rings is 1. The molecule has 0 atom stereocenters. The molecule has 11 heteroatoms. The highest BCUT2D eigenvalue weighted by molar-refractivity contribution is 8.00. The number of thioether (sulfide) groups is 2. The lowest BCUT2D eigenvalue weighted by Crippen LogP contribution is -2.49. The summed E-state index contributed by atoms with van der Waals surface area (Å²) in [5.74, 6) is 2.40. The van der Waals surface area contributed by atoms with Gasteiger partial charge in [-0.05, 0) is 12.1 Å². The van der Waals surface area contributed by atoms with Crippen LogP contribution >= 0.6 is 34.9 Å². The molecule has 7 nitrogen and oxygen atoms in total. The number of para-hydroxylation sites is 1. The second-order valence-electron chi connectivity index (χ2n) is 7.54. The number of anilines is 2. The number of benzene rings is 1. The minimum Gasteiger partial charge on any atom is -0.366 e. The molecule has 4 heterocycles. The van der Waals surface area contributed by atoms with Crippen LogP contribution in [0, 0.1) is 5.82 Å². The van der Waals surface area contributed by atoms with Gasteiger partial charge in [0.15, 0.2) is 10.8 Å². The highest BCUT2D eigenvalue weighted by atomic mass is 32.2. The summed E-state index contributed by atoms with van der Waals surface area (Å²) in [6.45, 7) is 4.42. The molecule has 2 aromatic heterocycles. The summed E-state index contributed by atoms with van der Waals surface area (Å²) in [6.07, 6.45) is 1.53. The molecule has 2 aliphatic rings. The Morgan fingerprint density at radius 1 is 1.03 bits per heavy atom. The Morgan fingerprint density at radius 3 is 2.59 bits per heavy atom. The summed E-state index contributed by atoms with van der Waals surface area (Å²) in [5, 5.41) is 1.79. The van der Waals surface area contributed by atoms with Crippen LogP contribution in [0.25, 0.3) is 10.3 Å². The average Bonchev–Trinajstić information content (AvgIpc) is 3.29. The van der Waals surface area contributed by atoms with Crippen molar-refractivity contribution in [3.8, 4) is 0 Å². The van der Waals surface area contributed by atoms with E-state index in [4.69, 9.17) is 4.98 Å². The smallest absolute Gasteiger partial charge is 0.233 e. The number of aromatic nitrogens is 3. The van der Waals surface area contributed by atoms with Gasteiger partial charge in [-0.3, -0.25) is 4.79 Å². The number of hydrogen-bond acceptors (Lipinski definition) is 9. The van der Waals surface area contributed by atoms with Gasteiger partial charge in [0.05, 0.1) is 11.4 Å². The number of nitrogens with zero attached hydrogens (tertiary/aromatic N) is 6. The van der Waals surface area contributed by atoms with Crippen LogP contribution in [0.5, 0.6) is 0 Å². The van der Waals surface area contributed by atoms with Crippen LogP contribution in [0.2, 0.25) is 0 Å². The standard InChI is InChI=1S/C21H23FN6OS3/c22-15-3-1-2-4-16(15)26-5-7-27(8-6-26)17(29)13-31-20-18-19(23-14-24-20)25-21(32-18)28-9-11-30-12-10-28/h1-4,14H,5-13H2. The first-order valence-corrected chi connectivity index (χ1v) is 13.5. The third-order valence-electron chi connectivity index (χ3n) is 5.59. The number of halogens is 1. The van der Waals surface area contributed by atoms with Gasteiger partial charge in [-0.1, -0.05) is 35.2 Å². The predicted octanol–water partition coefficient (Wildman–Crippen LogP) is 3.22. The highest BCUT2D eigenvalue weighted by Crippen LogP contribution is 2.34. The SMILES string of the molecule is O=C(CSc1ncnc2nc(N3CCSCC3)sc12)N1CCN(c2ccccc2F)CC1. The fourth-order valence-corrected chi connectivity index (χ4v) is 6.79. The van der Waals surface area contributed by atoms with Gasteiger partial charge < -0.3 is 14.7 Å². The quantitative estimate of drug-likeness (QED) is 0.399. The fraction of sp³-hybridized carbons (Fsp3) is 0.429. The summed E-state index contributed by atoms with van der Waals surface area (Å²) in [7, 11) is 0. The van der Waals surface area contributed by atoms with Gasteiger partial charge in [-0.25, -0.2) is 14.4 Å². The molecule has 2 saturated heterocycles. The van der Waals surface area contributed by atoms with Gasteiger partial charge in [0.25, 0.3) is 0 Å². The Labute approximate surface area is 198 Å². The van der Waals surface area contributed by atoms with Crippen LogP contribution in [-0.4, -0.2) is 82.3 Å². The monoisotopic (exact) mass is 490 g/mol. The number of rotatable bonds is 5. The second-order valence-corrected chi connectivity index (χ2v) is 10.7. The summed E-state index contributed by atoms with van der Waals surface area (Å²) in [4.78, 5) is 32.4. The van der Waals surface area contributed by atoms with Crippen molar-refractivity contribution in [1.82, 2.24) is 19.9 Å². The van der Waals surface area contributed by atoms with E-state index in [0.717, 1.165) is 39.5 Å². The molecular weight excluding hydrogens is 467 g/mol. The predicted molar refractivity (Wildman–Crippen MR) is 131 cm³/mol. The molecule has 168 valence electrons. The first kappa shape index (κ1) is 21.7. The van der Waals surface area contributed by atoms with Crippen molar-refractivity contribution in [2.45, 2.75) is 5.03 Å². The molecule has 0 spiro atoms. The Hall–Kier alpha value is -2.11. The normalized spacial score (nSPS) is 17.2. The van der Waals surface area contributed by atoms with Crippen molar-refractivity contribution < 1.29 is 9.18 Å². The Morgan fingerprint density at radius 2 is 1.81 bits per heavy atom. The lowest BCUT2D eigenvalue weighted by Gasteiger charge is -2.36. The minimum absolute atomic E-state index is 0.0766. The van der Waals surface area contributed by atoms with Gasteiger partial charge in [-0.15, -0.1) is 0 Å². The van der Waals surface area contributed by atoms with E-state index >= 15 is 0 Å². The average molecular weight is 491 g/mol. The zero-order chi connectivity index (χ0) is 21.9. The summed E-state index contributed by atoms with van der Waals surface area (Å²) >= 11 is 5.02. The number of amides is 1. The summed E-state index contributed by atoms with van der Waals surface area (Å²) in [5.41, 5.74) is 1.30. The first-order chi connectivity index (χ1) is 15.7. The van der Waals surface area contributed by atoms with Crippen LogP contribution < -0.4 is 9.80 Å². The first-order valence-electron chi connectivity index (χ1n) is 10.5. The highest BCUT2D eigenvalue weighted by Gasteiger charge is 2.24. The number of fused-ring (bicyclic) bond motifs is 1. The Kier molecular flexibility index (Phi) is 6.65. The molecule has 2 aliphatic heterocycles. The Bertz CT molecular complexity index is 1100. The maximum Gasteiger partial charge on any atom is 0.233 e. The van der Waals surface area contributed by atoms with Crippen molar-refractivity contribution in [1.29, 1.82) is 0 Å². The van der Waals surface area contributed by atoms with Gasteiger partial charge >= 0.3 is 0 Å². The third-order valence-corrected chi connectivity index (χ3v) is 8.74. The number of carbonyl (C=O) groups is 1. The van der Waals surface area contributed by atoms with E-state index in [1.165, 1.54) is 24.2 Å². The van der Waals surface area contributed by atoms with Crippen LogP contribution in [0.15, 0.2) is 35.6 Å². The molecule has 32 heavy (non-hydrogen) atoms. The third kappa shape index (κ3) is 4.65. The zero-order valence-corrected chi connectivity index (χ0v) is 19.9. The second kappa shape index (κ2) is 9.80. The van der Waals surface area contributed by atoms with Crippen LogP contribution in [0.1, 0.15) is 0 Å². The zero-order valence-electron chi connectivity index (χ0n) is 17.4. The van der Waals surface area contributed by atoms with E-state index in [-0.39, 0.29) is 11.7 Å². The van der Waals surface area contributed by atoms with E-state index in [0.29, 0.717) is 43.3 Å². The molecule has 2 fully saturated rings. The minimum atomic E-state index is -0.220. The van der Waals surface area contributed by atoms with Gasteiger partial charge in [-0.2, -0.15) is 16.7 Å². The molecule has 3 aromatic rings. The van der Waals surface area contributed by atoms with Gasteiger partial charge in [0.2, 0.25) is 5.91 Å². The van der Waals surface area contributed by atoms with E-state index in [1.807, 2.05) is 27.6 Å². The van der Waals surface area contributed by atoms with Crippen molar-refractivity contribution in [2.24, 2.45) is 0 Å². The summed E-state index contributed by atoms with van der Waals surface area (Å²) < 4.78 is 15.0. The van der Waals surface area contributed by atoms with Crippen LogP contribution in [0.4, 0.5) is 15.2 Å².